The Morgan fingerprint density at radius 2 is 1.85 bits per heavy atom. The van der Waals surface area contributed by atoms with Gasteiger partial charge in [0.25, 0.3) is 0 Å². The van der Waals surface area contributed by atoms with E-state index in [-0.39, 0.29) is 0 Å². The van der Waals surface area contributed by atoms with Crippen LogP contribution in [0, 0.1) is 0 Å². The Morgan fingerprint density at radius 1 is 1.23 bits per heavy atom. The molecule has 0 aliphatic heterocycles. The molecule has 0 radical (unpaired) electrons. The van der Waals surface area contributed by atoms with Crippen LogP contribution in [0.1, 0.15) is 39.0 Å². The highest BCUT2D eigenvalue weighted by atomic mass is 16.5. The van der Waals surface area contributed by atoms with Gasteiger partial charge in [0.05, 0.1) is 6.10 Å². The lowest BCUT2D eigenvalue weighted by Crippen LogP contribution is -2.37. The van der Waals surface area contributed by atoms with Gasteiger partial charge in [0, 0.05) is 13.2 Å². The first-order valence-electron chi connectivity index (χ1n) is 5.51. The second kappa shape index (κ2) is 5.61. The van der Waals surface area contributed by atoms with Crippen LogP contribution in [0.5, 0.6) is 0 Å². The van der Waals surface area contributed by atoms with Gasteiger partial charge in [0.1, 0.15) is 0 Å². The molecule has 0 aromatic rings. The molecule has 0 bridgehead atoms. The van der Waals surface area contributed by atoms with E-state index in [9.17, 15) is 0 Å². The minimum atomic E-state index is 0.534. The number of ether oxygens (including phenoxy) is 1. The molecule has 13 heavy (non-hydrogen) atoms. The first kappa shape index (κ1) is 11.0. The van der Waals surface area contributed by atoms with Crippen LogP contribution in [0.25, 0.3) is 0 Å². The second-order valence-corrected chi connectivity index (χ2v) is 4.15. The Balaban J connectivity index is 2.23. The van der Waals surface area contributed by atoms with Crippen molar-refractivity contribution in [3.05, 3.63) is 0 Å². The van der Waals surface area contributed by atoms with E-state index >= 15 is 0 Å². The summed E-state index contributed by atoms with van der Waals surface area (Å²) in [6, 6.07) is 0.811. The summed E-state index contributed by atoms with van der Waals surface area (Å²) in [5.74, 6) is 0. The predicted molar refractivity (Wildman–Crippen MR) is 56.0 cm³/mol. The zero-order chi connectivity index (χ0) is 9.68. The number of nitrogens with zero attached hydrogens (tertiary/aromatic N) is 1. The molecule has 0 saturated heterocycles. The topological polar surface area (TPSA) is 12.5 Å². The average Bonchev–Trinajstić information content (AvgIpc) is 2.18. The van der Waals surface area contributed by atoms with E-state index in [1.165, 1.54) is 38.6 Å². The normalized spacial score (nSPS) is 29.5. The molecule has 1 aliphatic carbocycles. The second-order valence-electron chi connectivity index (χ2n) is 4.15. The molecule has 1 rings (SSSR count). The third kappa shape index (κ3) is 3.28. The molecule has 0 unspecified atom stereocenters. The molecule has 1 saturated carbocycles. The minimum Gasteiger partial charge on any atom is -0.381 e. The van der Waals surface area contributed by atoms with Crippen molar-refractivity contribution in [2.75, 3.05) is 20.7 Å². The molecule has 78 valence electrons. The molecule has 0 spiro atoms. The van der Waals surface area contributed by atoms with E-state index in [4.69, 9.17) is 4.74 Å². The molecule has 0 aromatic carbocycles. The third-order valence-electron chi connectivity index (χ3n) is 3.18. The summed E-state index contributed by atoms with van der Waals surface area (Å²) in [5, 5.41) is 0. The van der Waals surface area contributed by atoms with Gasteiger partial charge in [0.15, 0.2) is 0 Å². The Morgan fingerprint density at radius 3 is 2.31 bits per heavy atom. The molecule has 2 heteroatoms. The van der Waals surface area contributed by atoms with Crippen molar-refractivity contribution in [1.29, 1.82) is 0 Å². The molecule has 0 heterocycles. The summed E-state index contributed by atoms with van der Waals surface area (Å²) >= 11 is 0. The van der Waals surface area contributed by atoms with Gasteiger partial charge in [-0.3, -0.25) is 0 Å². The van der Waals surface area contributed by atoms with Crippen molar-refractivity contribution < 1.29 is 4.74 Å². The minimum absolute atomic E-state index is 0.534. The van der Waals surface area contributed by atoms with Crippen LogP contribution in [0.2, 0.25) is 0 Å². The molecular weight excluding hydrogens is 162 g/mol. The highest BCUT2D eigenvalue weighted by molar-refractivity contribution is 4.78. The standard InChI is InChI=1S/C11H23NO/c1-4-9-12(2)10-5-7-11(13-3)8-6-10/h10-11H,4-9H2,1-3H3. The van der Waals surface area contributed by atoms with Crippen LogP contribution in [0.4, 0.5) is 0 Å². The summed E-state index contributed by atoms with van der Waals surface area (Å²) in [6.45, 7) is 3.49. The molecular formula is C11H23NO. The largest absolute Gasteiger partial charge is 0.381 e. The van der Waals surface area contributed by atoms with Gasteiger partial charge in [-0.1, -0.05) is 6.92 Å². The van der Waals surface area contributed by atoms with Crippen molar-refractivity contribution in [2.45, 2.75) is 51.2 Å². The van der Waals surface area contributed by atoms with Crippen molar-refractivity contribution in [3.8, 4) is 0 Å². The van der Waals surface area contributed by atoms with Gasteiger partial charge in [-0.2, -0.15) is 0 Å². The van der Waals surface area contributed by atoms with E-state index in [1.54, 1.807) is 0 Å². The summed E-state index contributed by atoms with van der Waals surface area (Å²) in [5.41, 5.74) is 0. The molecule has 1 fully saturated rings. The Bertz CT molecular complexity index is 130. The number of hydrogen-bond acceptors (Lipinski definition) is 2. The van der Waals surface area contributed by atoms with E-state index in [1.807, 2.05) is 7.11 Å². The van der Waals surface area contributed by atoms with E-state index in [0.717, 1.165) is 6.04 Å². The Kier molecular flexibility index (Phi) is 4.74. The van der Waals surface area contributed by atoms with E-state index in [0.29, 0.717) is 6.10 Å². The lowest BCUT2D eigenvalue weighted by atomic mass is 9.92. The van der Waals surface area contributed by atoms with Crippen LogP contribution < -0.4 is 0 Å². The van der Waals surface area contributed by atoms with Gasteiger partial charge in [-0.05, 0) is 45.7 Å². The summed E-state index contributed by atoms with van der Waals surface area (Å²) < 4.78 is 5.36. The van der Waals surface area contributed by atoms with Gasteiger partial charge < -0.3 is 9.64 Å². The molecule has 0 amide bonds. The Hall–Kier alpha value is -0.0800. The SMILES string of the molecule is CCCN(C)C1CCC(OC)CC1. The molecule has 0 aromatic heterocycles. The van der Waals surface area contributed by atoms with E-state index < -0.39 is 0 Å². The van der Waals surface area contributed by atoms with Crippen LogP contribution in [0.3, 0.4) is 0 Å². The average molecular weight is 185 g/mol. The van der Waals surface area contributed by atoms with Gasteiger partial charge in [-0.15, -0.1) is 0 Å². The zero-order valence-electron chi connectivity index (χ0n) is 9.25. The highest BCUT2D eigenvalue weighted by Crippen LogP contribution is 2.23. The fourth-order valence-electron chi connectivity index (χ4n) is 2.26. The predicted octanol–water partition coefficient (Wildman–Crippen LogP) is 2.29. The monoisotopic (exact) mass is 185 g/mol. The molecule has 0 atom stereocenters. The fraction of sp³-hybridized carbons (Fsp3) is 1.00. The number of rotatable bonds is 4. The summed E-state index contributed by atoms with van der Waals surface area (Å²) in [6.07, 6.45) is 6.92. The smallest absolute Gasteiger partial charge is 0.0572 e. The van der Waals surface area contributed by atoms with Crippen molar-refractivity contribution in [1.82, 2.24) is 4.90 Å². The Labute approximate surface area is 82.3 Å². The quantitative estimate of drug-likeness (QED) is 0.666. The van der Waals surface area contributed by atoms with Gasteiger partial charge in [0.2, 0.25) is 0 Å². The maximum absolute atomic E-state index is 5.36. The number of hydrogen-bond donors (Lipinski definition) is 0. The van der Waals surface area contributed by atoms with Crippen LogP contribution in [-0.2, 0) is 4.74 Å². The lowest BCUT2D eigenvalue weighted by Gasteiger charge is -2.33. The molecule has 1 aliphatic rings. The van der Waals surface area contributed by atoms with Gasteiger partial charge >= 0.3 is 0 Å². The van der Waals surface area contributed by atoms with Crippen molar-refractivity contribution in [2.24, 2.45) is 0 Å². The van der Waals surface area contributed by atoms with E-state index in [2.05, 4.69) is 18.9 Å². The fourth-order valence-corrected chi connectivity index (χ4v) is 2.26. The maximum atomic E-state index is 5.36. The summed E-state index contributed by atoms with van der Waals surface area (Å²) in [4.78, 5) is 2.51. The van der Waals surface area contributed by atoms with Crippen LogP contribution >= 0.6 is 0 Å². The van der Waals surface area contributed by atoms with Crippen molar-refractivity contribution in [3.63, 3.8) is 0 Å². The maximum Gasteiger partial charge on any atom is 0.0572 e. The molecule has 0 N–H and O–H groups in total. The van der Waals surface area contributed by atoms with Crippen molar-refractivity contribution >= 4 is 0 Å². The first-order chi connectivity index (χ1) is 6.27. The number of methoxy groups -OCH3 is 1. The first-order valence-corrected chi connectivity index (χ1v) is 5.51. The van der Waals surface area contributed by atoms with Gasteiger partial charge in [-0.25, -0.2) is 0 Å². The van der Waals surface area contributed by atoms with Crippen LogP contribution in [0.15, 0.2) is 0 Å². The lowest BCUT2D eigenvalue weighted by molar-refractivity contribution is 0.0442. The molecule has 2 nitrogen and oxygen atoms in total. The van der Waals surface area contributed by atoms with Crippen LogP contribution in [-0.4, -0.2) is 37.7 Å². The summed E-state index contributed by atoms with van der Waals surface area (Å²) in [7, 11) is 4.09. The third-order valence-corrected chi connectivity index (χ3v) is 3.18. The zero-order valence-corrected chi connectivity index (χ0v) is 9.25. The highest BCUT2D eigenvalue weighted by Gasteiger charge is 2.22.